The molecule has 1 aromatic rings. The zero-order valence-electron chi connectivity index (χ0n) is 16.4. The smallest absolute Gasteiger partial charge is 0.249 e. The molecule has 2 aliphatic rings. The maximum Gasteiger partial charge on any atom is 0.249 e. The first kappa shape index (κ1) is 19.1. The molecule has 1 aliphatic heterocycles. The van der Waals surface area contributed by atoms with Crippen LogP contribution in [0.3, 0.4) is 0 Å². The Hall–Kier alpha value is -1.65. The summed E-state index contributed by atoms with van der Waals surface area (Å²) in [6.45, 7) is 7.08. The van der Waals surface area contributed by atoms with Crippen molar-refractivity contribution in [3.8, 4) is 0 Å². The summed E-state index contributed by atoms with van der Waals surface area (Å²) >= 11 is 0. The van der Waals surface area contributed by atoms with Crippen molar-refractivity contribution in [1.29, 1.82) is 0 Å². The molecule has 3 N–H and O–H groups in total. The summed E-state index contributed by atoms with van der Waals surface area (Å²) in [5, 5.41) is 3.36. The number of benzene rings is 1. The second-order valence-corrected chi connectivity index (χ2v) is 8.65. The van der Waals surface area contributed by atoms with E-state index in [1.54, 1.807) is 0 Å². The van der Waals surface area contributed by atoms with E-state index in [1.165, 1.54) is 11.1 Å². The van der Waals surface area contributed by atoms with Gasteiger partial charge in [0.25, 0.3) is 0 Å². The number of hydrogen-bond acceptors (Lipinski definition) is 3. The van der Waals surface area contributed by atoms with Crippen molar-refractivity contribution in [2.24, 2.45) is 11.1 Å². The van der Waals surface area contributed by atoms with E-state index in [9.17, 15) is 4.79 Å². The molecule has 4 heteroatoms. The molecule has 142 valence electrons. The fourth-order valence-electron chi connectivity index (χ4n) is 4.34. The summed E-state index contributed by atoms with van der Waals surface area (Å²) in [6, 6.07) is 6.26. The third kappa shape index (κ3) is 3.86. The molecule has 1 saturated heterocycles. The molecular formula is C22H32N2O2. The largest absolute Gasteiger partial charge is 0.381 e. The third-order valence-electron chi connectivity index (χ3n) is 6.18. The van der Waals surface area contributed by atoms with Crippen LogP contribution in [0, 0.1) is 5.41 Å². The van der Waals surface area contributed by atoms with Crippen LogP contribution in [-0.4, -0.2) is 32.7 Å². The van der Waals surface area contributed by atoms with Crippen molar-refractivity contribution >= 4 is 11.5 Å². The first-order valence-corrected chi connectivity index (χ1v) is 9.73. The lowest BCUT2D eigenvalue weighted by Gasteiger charge is -2.38. The van der Waals surface area contributed by atoms with E-state index < -0.39 is 0 Å². The average Bonchev–Trinajstić information content (AvgIpc) is 2.62. The molecule has 0 saturated carbocycles. The Bertz CT molecular complexity index is 695. The summed E-state index contributed by atoms with van der Waals surface area (Å²) < 4.78 is 5.61. The summed E-state index contributed by atoms with van der Waals surface area (Å²) in [5.74, 6) is -0.341. The lowest BCUT2D eigenvalue weighted by atomic mass is 9.72. The number of carbonyl (C=O) groups is 1. The Balaban J connectivity index is 2.04. The second kappa shape index (κ2) is 7.53. The van der Waals surface area contributed by atoms with Crippen molar-refractivity contribution in [2.75, 3.05) is 26.8 Å². The quantitative estimate of drug-likeness (QED) is 0.846. The molecule has 1 aromatic carbocycles. The van der Waals surface area contributed by atoms with Crippen LogP contribution in [0.1, 0.15) is 67.4 Å². The Kier molecular flexibility index (Phi) is 5.54. The van der Waals surface area contributed by atoms with Crippen LogP contribution in [0.4, 0.5) is 0 Å². The second-order valence-electron chi connectivity index (χ2n) is 8.65. The maximum absolute atomic E-state index is 12.0. The Labute approximate surface area is 157 Å². The molecule has 0 aromatic heterocycles. The van der Waals surface area contributed by atoms with E-state index in [4.69, 9.17) is 10.5 Å². The zero-order chi connectivity index (χ0) is 18.8. The molecular weight excluding hydrogens is 324 g/mol. The van der Waals surface area contributed by atoms with Crippen LogP contribution in [0.25, 0.3) is 5.57 Å². The number of likely N-dealkylation sites (N-methyl/N-ethyl adjacent to an activating group) is 1. The lowest BCUT2D eigenvalue weighted by molar-refractivity contribution is 0.0505. The van der Waals surface area contributed by atoms with E-state index in [2.05, 4.69) is 37.4 Å². The number of amides is 1. The van der Waals surface area contributed by atoms with Crippen LogP contribution < -0.4 is 11.1 Å². The molecule has 4 nitrogen and oxygen atoms in total. The van der Waals surface area contributed by atoms with E-state index in [1.807, 2.05) is 13.1 Å². The highest BCUT2D eigenvalue weighted by Gasteiger charge is 2.35. The van der Waals surface area contributed by atoms with E-state index in [-0.39, 0.29) is 11.3 Å². The lowest BCUT2D eigenvalue weighted by Crippen LogP contribution is -2.42. The van der Waals surface area contributed by atoms with Gasteiger partial charge in [-0.2, -0.15) is 0 Å². The Morgan fingerprint density at radius 3 is 2.54 bits per heavy atom. The molecule has 1 amide bonds. The van der Waals surface area contributed by atoms with Gasteiger partial charge in [0, 0.05) is 30.7 Å². The fourth-order valence-corrected chi connectivity index (χ4v) is 4.34. The molecule has 0 radical (unpaired) electrons. The molecule has 0 atom stereocenters. The van der Waals surface area contributed by atoms with Gasteiger partial charge >= 0.3 is 0 Å². The number of carbonyl (C=O) groups excluding carboxylic acids is 1. The molecule has 26 heavy (non-hydrogen) atoms. The highest BCUT2D eigenvalue weighted by atomic mass is 16.5. The van der Waals surface area contributed by atoms with Gasteiger partial charge in [-0.15, -0.1) is 0 Å². The first-order chi connectivity index (χ1) is 12.4. The third-order valence-corrected chi connectivity index (χ3v) is 6.18. The van der Waals surface area contributed by atoms with E-state index in [0.29, 0.717) is 11.0 Å². The van der Waals surface area contributed by atoms with Gasteiger partial charge < -0.3 is 15.8 Å². The average molecular weight is 357 g/mol. The molecule has 1 heterocycles. The van der Waals surface area contributed by atoms with E-state index in [0.717, 1.165) is 57.4 Å². The van der Waals surface area contributed by atoms with Crippen LogP contribution in [0.5, 0.6) is 0 Å². The van der Waals surface area contributed by atoms with Gasteiger partial charge in [0.15, 0.2) is 0 Å². The number of rotatable bonds is 5. The van der Waals surface area contributed by atoms with Crippen molar-refractivity contribution in [3.05, 3.63) is 41.0 Å². The molecule has 0 bridgehead atoms. The van der Waals surface area contributed by atoms with Gasteiger partial charge in [-0.3, -0.25) is 4.79 Å². The van der Waals surface area contributed by atoms with Gasteiger partial charge in [0.1, 0.15) is 0 Å². The highest BCUT2D eigenvalue weighted by Crippen LogP contribution is 2.41. The zero-order valence-corrected chi connectivity index (χ0v) is 16.4. The molecule has 0 unspecified atom stereocenters. The topological polar surface area (TPSA) is 64.3 Å². The summed E-state index contributed by atoms with van der Waals surface area (Å²) in [5.41, 5.74) is 10.3. The maximum atomic E-state index is 12.0. The van der Waals surface area contributed by atoms with Crippen molar-refractivity contribution in [3.63, 3.8) is 0 Å². The van der Waals surface area contributed by atoms with Gasteiger partial charge in [-0.1, -0.05) is 32.1 Å². The highest BCUT2D eigenvalue weighted by molar-refractivity contribution is 5.98. The SMILES string of the molecule is CNCC1(c2ccc(C(N)=O)c(C3=CCC(C)(C)CC3)c2)CCOCC1. The molecule has 3 rings (SSSR count). The normalized spacial score (nSPS) is 21.9. The summed E-state index contributed by atoms with van der Waals surface area (Å²) in [7, 11) is 2.00. The van der Waals surface area contributed by atoms with Crippen LogP contribution in [0.15, 0.2) is 24.3 Å². The Morgan fingerprint density at radius 2 is 1.96 bits per heavy atom. The predicted molar refractivity (Wildman–Crippen MR) is 106 cm³/mol. The van der Waals surface area contributed by atoms with Gasteiger partial charge in [0.2, 0.25) is 5.91 Å². The van der Waals surface area contributed by atoms with Crippen LogP contribution in [0.2, 0.25) is 0 Å². The van der Waals surface area contributed by atoms with E-state index >= 15 is 0 Å². The monoisotopic (exact) mass is 356 g/mol. The van der Waals surface area contributed by atoms with Gasteiger partial charge in [-0.05, 0) is 67.3 Å². The van der Waals surface area contributed by atoms with Crippen molar-refractivity contribution in [2.45, 2.75) is 51.4 Å². The standard InChI is InChI=1S/C22H32N2O2/c1-21(2)8-6-16(7-9-21)19-14-17(4-5-18(19)20(23)25)22(15-24-3)10-12-26-13-11-22/h4-6,14,24H,7-13,15H2,1-3H3,(H2,23,25). The van der Waals surface area contributed by atoms with Gasteiger partial charge in [-0.25, -0.2) is 0 Å². The number of nitrogens with two attached hydrogens (primary N) is 1. The minimum absolute atomic E-state index is 0.0619. The minimum atomic E-state index is -0.341. The Morgan fingerprint density at radius 1 is 1.23 bits per heavy atom. The van der Waals surface area contributed by atoms with Crippen LogP contribution >= 0.6 is 0 Å². The van der Waals surface area contributed by atoms with Crippen molar-refractivity contribution in [1.82, 2.24) is 5.32 Å². The molecule has 1 aliphatic carbocycles. The van der Waals surface area contributed by atoms with Gasteiger partial charge in [0.05, 0.1) is 0 Å². The number of primary amides is 1. The van der Waals surface area contributed by atoms with Crippen LogP contribution in [-0.2, 0) is 10.2 Å². The minimum Gasteiger partial charge on any atom is -0.381 e. The molecule has 1 fully saturated rings. The number of nitrogens with one attached hydrogen (secondary N) is 1. The first-order valence-electron chi connectivity index (χ1n) is 9.73. The number of hydrogen-bond donors (Lipinski definition) is 2. The fraction of sp³-hybridized carbons (Fsp3) is 0.591. The summed E-state index contributed by atoms with van der Waals surface area (Å²) in [4.78, 5) is 12.0. The summed E-state index contributed by atoms with van der Waals surface area (Å²) in [6.07, 6.45) is 7.48. The van der Waals surface area contributed by atoms with Crippen molar-refractivity contribution < 1.29 is 9.53 Å². The number of ether oxygens (including phenoxy) is 1. The molecule has 0 spiro atoms. The number of allylic oxidation sites excluding steroid dienone is 2. The predicted octanol–water partition coefficient (Wildman–Crippen LogP) is 3.65.